The highest BCUT2D eigenvalue weighted by Crippen LogP contribution is 2.47. The van der Waals surface area contributed by atoms with Crippen LogP contribution in [0.25, 0.3) is 10.8 Å². The zero-order valence-corrected chi connectivity index (χ0v) is 14.7. The SMILES string of the molecule is NC(=O)C1C(=O)C(NO)C2Cc3cc4cccc(O)c4c(O)c3C(=O)[C@]2(O)C1=O. The molecule has 0 heterocycles. The van der Waals surface area contributed by atoms with Gasteiger partial charge in [0, 0.05) is 5.92 Å². The molecule has 1 amide bonds. The molecule has 2 aliphatic carbocycles. The number of aromatic hydroxyl groups is 2. The van der Waals surface area contributed by atoms with Crippen molar-refractivity contribution in [3.63, 3.8) is 0 Å². The summed E-state index contributed by atoms with van der Waals surface area (Å²) in [5, 5.41) is 41.6. The van der Waals surface area contributed by atoms with Crippen molar-refractivity contribution < 1.29 is 39.7 Å². The fraction of sp³-hybridized carbons (Fsp3) is 0.263. The van der Waals surface area contributed by atoms with Crippen LogP contribution in [0.5, 0.6) is 11.5 Å². The van der Waals surface area contributed by atoms with Gasteiger partial charge in [-0.25, -0.2) is 0 Å². The Labute approximate surface area is 162 Å². The standard InChI is InChI=1S/C19H16N2O8/c20-18(27)12-15(24)13(21-29)8-5-7-4-6-2-1-3-9(22)10(6)14(23)11(7)16(25)19(8,28)17(12)26/h1-4,8,12-13,21-23,28-29H,5H2,(H2,20,27)/t8?,12?,13?,19-/m0/s1. The summed E-state index contributed by atoms with van der Waals surface area (Å²) in [4.78, 5) is 50.2. The van der Waals surface area contributed by atoms with Crippen LogP contribution in [0.2, 0.25) is 0 Å². The molecule has 0 aliphatic heterocycles. The fourth-order valence-electron chi connectivity index (χ4n) is 4.43. The Hall–Kier alpha value is -3.34. The van der Waals surface area contributed by atoms with E-state index in [1.165, 1.54) is 18.2 Å². The second-order valence-electron chi connectivity index (χ2n) is 7.25. The first-order chi connectivity index (χ1) is 13.6. The number of hydrogen-bond acceptors (Lipinski definition) is 9. The van der Waals surface area contributed by atoms with Crippen LogP contribution in [0.15, 0.2) is 24.3 Å². The Kier molecular flexibility index (Phi) is 3.98. The number of aliphatic hydroxyl groups is 1. The van der Waals surface area contributed by atoms with E-state index < -0.39 is 58.0 Å². The third-order valence-corrected chi connectivity index (χ3v) is 5.80. The van der Waals surface area contributed by atoms with Crippen molar-refractivity contribution in [1.82, 2.24) is 5.48 Å². The van der Waals surface area contributed by atoms with Crippen molar-refractivity contribution >= 4 is 34.0 Å². The molecule has 150 valence electrons. The monoisotopic (exact) mass is 400 g/mol. The van der Waals surface area contributed by atoms with Gasteiger partial charge in [0.25, 0.3) is 0 Å². The topological polar surface area (TPSA) is 187 Å². The van der Waals surface area contributed by atoms with Crippen molar-refractivity contribution in [2.45, 2.75) is 18.1 Å². The van der Waals surface area contributed by atoms with Crippen molar-refractivity contribution in [1.29, 1.82) is 0 Å². The van der Waals surface area contributed by atoms with Gasteiger partial charge in [0.2, 0.25) is 11.7 Å². The number of ketones is 3. The minimum atomic E-state index is -2.88. The second-order valence-corrected chi connectivity index (χ2v) is 7.25. The molecule has 4 rings (SSSR count). The van der Waals surface area contributed by atoms with Gasteiger partial charge in [-0.05, 0) is 23.4 Å². The van der Waals surface area contributed by atoms with Crippen molar-refractivity contribution in [3.05, 3.63) is 35.4 Å². The van der Waals surface area contributed by atoms with Gasteiger partial charge in [0.15, 0.2) is 23.1 Å². The third kappa shape index (κ3) is 2.27. The lowest BCUT2D eigenvalue weighted by atomic mass is 9.58. The molecule has 2 aromatic carbocycles. The van der Waals surface area contributed by atoms with E-state index in [4.69, 9.17) is 5.73 Å². The molecule has 0 radical (unpaired) electrons. The highest BCUT2D eigenvalue weighted by atomic mass is 16.5. The van der Waals surface area contributed by atoms with E-state index in [2.05, 4.69) is 0 Å². The lowest BCUT2D eigenvalue weighted by Gasteiger charge is -2.46. The third-order valence-electron chi connectivity index (χ3n) is 5.80. The maximum absolute atomic E-state index is 13.2. The maximum atomic E-state index is 13.2. The number of nitrogens with one attached hydrogen (secondary N) is 1. The molecule has 29 heavy (non-hydrogen) atoms. The quantitative estimate of drug-likeness (QED) is 0.270. The predicted octanol–water partition coefficient (Wildman–Crippen LogP) is -1.06. The van der Waals surface area contributed by atoms with E-state index in [0.29, 0.717) is 5.39 Å². The lowest BCUT2D eigenvalue weighted by molar-refractivity contribution is -0.162. The first-order valence-electron chi connectivity index (χ1n) is 8.65. The van der Waals surface area contributed by atoms with Crippen LogP contribution < -0.4 is 11.2 Å². The van der Waals surface area contributed by atoms with Gasteiger partial charge >= 0.3 is 0 Å². The smallest absolute Gasteiger partial charge is 0.235 e. The summed E-state index contributed by atoms with van der Waals surface area (Å²) in [5.74, 6) is -9.60. The molecule has 4 atom stereocenters. The van der Waals surface area contributed by atoms with E-state index in [1.807, 2.05) is 0 Å². The van der Waals surface area contributed by atoms with Crippen LogP contribution >= 0.6 is 0 Å². The van der Waals surface area contributed by atoms with Gasteiger partial charge in [-0.1, -0.05) is 18.2 Å². The number of benzene rings is 2. The van der Waals surface area contributed by atoms with E-state index >= 15 is 0 Å². The highest BCUT2D eigenvalue weighted by molar-refractivity contribution is 6.33. The number of carbonyl (C=O) groups excluding carboxylic acids is 4. The summed E-state index contributed by atoms with van der Waals surface area (Å²) in [6, 6.07) is 4.24. The molecule has 3 unspecified atom stereocenters. The van der Waals surface area contributed by atoms with Crippen LogP contribution in [0, 0.1) is 11.8 Å². The van der Waals surface area contributed by atoms with Gasteiger partial charge in [0.05, 0.1) is 17.0 Å². The van der Waals surface area contributed by atoms with Crippen molar-refractivity contribution in [2.24, 2.45) is 17.6 Å². The molecule has 0 aromatic heterocycles. The summed E-state index contributed by atoms with van der Waals surface area (Å²) in [6.07, 6.45) is -0.252. The normalized spacial score (nSPS) is 28.9. The Morgan fingerprint density at radius 3 is 2.52 bits per heavy atom. The molecule has 1 saturated carbocycles. The molecule has 10 heteroatoms. The Morgan fingerprint density at radius 1 is 1.21 bits per heavy atom. The van der Waals surface area contributed by atoms with Crippen LogP contribution in [-0.2, 0) is 20.8 Å². The number of phenols is 2. The molecule has 7 N–H and O–H groups in total. The molecule has 10 nitrogen and oxygen atoms in total. The van der Waals surface area contributed by atoms with Crippen LogP contribution in [0.3, 0.4) is 0 Å². The summed E-state index contributed by atoms with van der Waals surface area (Å²) >= 11 is 0. The molecule has 2 aliphatic rings. The Morgan fingerprint density at radius 2 is 1.90 bits per heavy atom. The lowest BCUT2D eigenvalue weighted by Crippen LogP contribution is -2.71. The van der Waals surface area contributed by atoms with E-state index in [9.17, 15) is 39.7 Å². The second kappa shape index (κ2) is 6.08. The van der Waals surface area contributed by atoms with Gasteiger partial charge in [-0.3, -0.25) is 19.2 Å². The number of hydroxylamine groups is 1. The average Bonchev–Trinajstić information content (AvgIpc) is 2.65. The summed E-state index contributed by atoms with van der Waals surface area (Å²) in [7, 11) is 0. The van der Waals surface area contributed by atoms with Gasteiger partial charge < -0.3 is 26.3 Å². The largest absolute Gasteiger partial charge is 0.507 e. The number of hydrogen-bond donors (Lipinski definition) is 6. The van der Waals surface area contributed by atoms with Gasteiger partial charge in [0.1, 0.15) is 11.5 Å². The minimum Gasteiger partial charge on any atom is -0.507 e. The summed E-state index contributed by atoms with van der Waals surface area (Å²) < 4.78 is 0. The van der Waals surface area contributed by atoms with E-state index in [-0.39, 0.29) is 23.1 Å². The predicted molar refractivity (Wildman–Crippen MR) is 95.2 cm³/mol. The molecule has 0 spiro atoms. The first-order valence-corrected chi connectivity index (χ1v) is 8.65. The molecule has 0 bridgehead atoms. The fourth-order valence-corrected chi connectivity index (χ4v) is 4.43. The Bertz CT molecular complexity index is 1130. The van der Waals surface area contributed by atoms with Gasteiger partial charge in [-0.15, -0.1) is 0 Å². The first kappa shape index (κ1) is 19.0. The number of Topliss-reactive ketones (excluding diaryl/α,β-unsaturated/α-hetero) is 3. The number of primary amides is 1. The van der Waals surface area contributed by atoms with Crippen LogP contribution in [0.4, 0.5) is 0 Å². The maximum Gasteiger partial charge on any atom is 0.235 e. The Balaban J connectivity index is 2.00. The zero-order chi connectivity index (χ0) is 21.2. The van der Waals surface area contributed by atoms with E-state index in [0.717, 1.165) is 0 Å². The zero-order valence-electron chi connectivity index (χ0n) is 14.7. The van der Waals surface area contributed by atoms with Crippen molar-refractivity contribution in [3.8, 4) is 11.5 Å². The van der Waals surface area contributed by atoms with Crippen molar-refractivity contribution in [2.75, 3.05) is 0 Å². The van der Waals surface area contributed by atoms with Crippen LogP contribution in [-0.4, -0.2) is 55.4 Å². The number of rotatable bonds is 2. The molecular weight excluding hydrogens is 384 g/mol. The minimum absolute atomic E-state index is 0.0516. The molecule has 2 aromatic rings. The highest BCUT2D eigenvalue weighted by Gasteiger charge is 2.65. The molecule has 0 saturated heterocycles. The number of phenolic OH excluding ortho intramolecular Hbond substituents is 2. The summed E-state index contributed by atoms with van der Waals surface area (Å²) in [6.45, 7) is 0. The molecule has 1 fully saturated rings. The number of fused-ring (bicyclic) bond motifs is 3. The average molecular weight is 400 g/mol. The number of amides is 1. The number of nitrogens with two attached hydrogens (primary N) is 1. The van der Waals surface area contributed by atoms with E-state index in [1.54, 1.807) is 11.5 Å². The van der Waals surface area contributed by atoms with Crippen LogP contribution in [0.1, 0.15) is 15.9 Å². The molecular formula is C19H16N2O8. The summed E-state index contributed by atoms with van der Waals surface area (Å²) in [5.41, 5.74) is 3.71. The van der Waals surface area contributed by atoms with Gasteiger partial charge in [-0.2, -0.15) is 5.48 Å². The number of carbonyl (C=O) groups is 4.